The van der Waals surface area contributed by atoms with Gasteiger partial charge in [0, 0.05) is 18.3 Å². The fraction of sp³-hybridized carbons (Fsp3) is 0.125. The van der Waals surface area contributed by atoms with Gasteiger partial charge in [-0.1, -0.05) is 0 Å². The Labute approximate surface area is 63.6 Å². The van der Waals surface area contributed by atoms with Crippen molar-refractivity contribution in [2.24, 2.45) is 0 Å². The van der Waals surface area contributed by atoms with Crippen LogP contribution in [0.4, 0.5) is 0 Å². The van der Waals surface area contributed by atoms with Crippen molar-refractivity contribution in [1.82, 2.24) is 4.57 Å². The number of aromatic nitrogens is 1. The van der Waals surface area contributed by atoms with Gasteiger partial charge in [0.2, 0.25) is 0 Å². The molecule has 1 aliphatic rings. The van der Waals surface area contributed by atoms with Gasteiger partial charge < -0.3 is 9.67 Å². The number of hydrogen-bond acceptors (Lipinski definition) is 1. The van der Waals surface area contributed by atoms with E-state index in [-0.39, 0.29) is 0 Å². The predicted molar refractivity (Wildman–Crippen MR) is 40.0 cm³/mol. The first kappa shape index (κ1) is 6.22. The largest absolute Gasteiger partial charge is 0.477 e. The number of nitrogens with zero attached hydrogens (tertiary/aromatic N) is 1. The minimum absolute atomic E-state index is 0.366. The van der Waals surface area contributed by atoms with Crippen LogP contribution >= 0.6 is 0 Å². The van der Waals surface area contributed by atoms with Crippen LogP contribution in [0.15, 0.2) is 24.4 Å². The molecule has 0 spiro atoms. The maximum absolute atomic E-state index is 10.6. The molecule has 11 heavy (non-hydrogen) atoms. The summed E-state index contributed by atoms with van der Waals surface area (Å²) >= 11 is 0. The molecule has 56 valence electrons. The minimum atomic E-state index is -0.861. The second-order valence-corrected chi connectivity index (χ2v) is 2.47. The first-order valence-electron chi connectivity index (χ1n) is 3.39. The smallest absolute Gasteiger partial charge is 0.352 e. The molecule has 0 unspecified atom stereocenters. The van der Waals surface area contributed by atoms with Crippen LogP contribution in [-0.4, -0.2) is 15.6 Å². The summed E-state index contributed by atoms with van der Waals surface area (Å²) in [6.45, 7) is 0. The highest BCUT2D eigenvalue weighted by Crippen LogP contribution is 2.19. The van der Waals surface area contributed by atoms with Crippen LogP contribution in [0.25, 0.3) is 5.70 Å². The maximum Gasteiger partial charge on any atom is 0.352 e. The molecule has 0 bridgehead atoms. The van der Waals surface area contributed by atoms with Gasteiger partial charge in [0.05, 0.1) is 0 Å². The summed E-state index contributed by atoms with van der Waals surface area (Å²) in [5, 5.41) is 8.69. The van der Waals surface area contributed by atoms with Crippen molar-refractivity contribution in [3.05, 3.63) is 30.1 Å². The second kappa shape index (κ2) is 1.99. The molecule has 0 atom stereocenters. The maximum atomic E-state index is 10.6. The Morgan fingerprint density at radius 2 is 2.45 bits per heavy atom. The topological polar surface area (TPSA) is 42.2 Å². The Hall–Kier alpha value is -1.51. The van der Waals surface area contributed by atoms with E-state index in [0.29, 0.717) is 5.70 Å². The van der Waals surface area contributed by atoms with E-state index in [0.717, 1.165) is 12.1 Å². The van der Waals surface area contributed by atoms with E-state index in [1.165, 1.54) is 0 Å². The van der Waals surface area contributed by atoms with Crippen LogP contribution in [0.1, 0.15) is 5.69 Å². The zero-order chi connectivity index (χ0) is 7.84. The number of rotatable bonds is 1. The molecule has 0 fully saturated rings. The molecule has 1 N–H and O–H groups in total. The molecule has 2 heterocycles. The summed E-state index contributed by atoms with van der Waals surface area (Å²) in [6, 6.07) is 3.78. The lowest BCUT2D eigenvalue weighted by molar-refractivity contribution is -0.130. The van der Waals surface area contributed by atoms with Crippen LogP contribution in [0, 0.1) is 0 Å². The normalized spacial score (nSPS) is 14.4. The summed E-state index contributed by atoms with van der Waals surface area (Å²) in [7, 11) is 0. The van der Waals surface area contributed by atoms with E-state index in [1.807, 2.05) is 12.1 Å². The van der Waals surface area contributed by atoms with Gasteiger partial charge in [-0.15, -0.1) is 0 Å². The highest BCUT2D eigenvalue weighted by atomic mass is 16.4. The van der Waals surface area contributed by atoms with E-state index < -0.39 is 5.97 Å². The molecule has 0 saturated heterocycles. The van der Waals surface area contributed by atoms with Crippen molar-refractivity contribution in [1.29, 1.82) is 0 Å². The SMILES string of the molecule is O=C(O)C1=CCc2cccn21. The van der Waals surface area contributed by atoms with E-state index in [1.54, 1.807) is 16.8 Å². The van der Waals surface area contributed by atoms with Crippen molar-refractivity contribution in [3.8, 4) is 0 Å². The standard InChI is InChI=1S/C8H7NO2/c10-8(11)7-4-3-6-2-1-5-9(6)7/h1-2,4-5H,3H2,(H,10,11). The average Bonchev–Trinajstić information content (AvgIpc) is 2.41. The third kappa shape index (κ3) is 0.774. The lowest BCUT2D eigenvalue weighted by atomic mass is 10.3. The molecule has 0 aliphatic carbocycles. The average molecular weight is 149 g/mol. The third-order valence-corrected chi connectivity index (χ3v) is 1.82. The summed E-state index contributed by atoms with van der Waals surface area (Å²) in [4.78, 5) is 10.6. The van der Waals surface area contributed by atoms with Gasteiger partial charge >= 0.3 is 5.97 Å². The lowest BCUT2D eigenvalue weighted by Crippen LogP contribution is -2.03. The van der Waals surface area contributed by atoms with Crippen LogP contribution < -0.4 is 0 Å². The molecule has 1 aromatic heterocycles. The van der Waals surface area contributed by atoms with Gasteiger partial charge in [0.15, 0.2) is 0 Å². The Bertz CT molecular complexity index is 336. The van der Waals surface area contributed by atoms with Gasteiger partial charge in [-0.05, 0) is 18.2 Å². The monoisotopic (exact) mass is 149 g/mol. The minimum Gasteiger partial charge on any atom is -0.477 e. The molecule has 2 rings (SSSR count). The molecule has 1 aliphatic heterocycles. The Morgan fingerprint density at radius 3 is 3.18 bits per heavy atom. The number of allylic oxidation sites excluding steroid dienone is 1. The van der Waals surface area contributed by atoms with Crippen molar-refractivity contribution in [3.63, 3.8) is 0 Å². The predicted octanol–water partition coefficient (Wildman–Crippen LogP) is 0.970. The summed E-state index contributed by atoms with van der Waals surface area (Å²) in [5.41, 5.74) is 1.41. The Morgan fingerprint density at radius 1 is 1.64 bits per heavy atom. The molecular formula is C8H7NO2. The number of fused-ring (bicyclic) bond motifs is 1. The van der Waals surface area contributed by atoms with Crippen molar-refractivity contribution in [2.45, 2.75) is 6.42 Å². The number of carbonyl (C=O) groups is 1. The zero-order valence-corrected chi connectivity index (χ0v) is 5.82. The second-order valence-electron chi connectivity index (χ2n) is 2.47. The fourth-order valence-electron chi connectivity index (χ4n) is 1.31. The molecule has 1 aromatic rings. The first-order chi connectivity index (χ1) is 5.29. The summed E-state index contributed by atoms with van der Waals surface area (Å²) < 4.78 is 1.70. The Kier molecular flexibility index (Phi) is 1.12. The molecule has 0 amide bonds. The van der Waals surface area contributed by atoms with E-state index in [2.05, 4.69) is 0 Å². The van der Waals surface area contributed by atoms with Crippen LogP contribution in [0.5, 0.6) is 0 Å². The number of aliphatic carboxylic acids is 1. The Balaban J connectivity index is 2.50. The highest BCUT2D eigenvalue weighted by Gasteiger charge is 2.16. The number of carboxylic acid groups (broad SMARTS) is 1. The number of carboxylic acids is 1. The van der Waals surface area contributed by atoms with Gasteiger partial charge in [-0.2, -0.15) is 0 Å². The van der Waals surface area contributed by atoms with Gasteiger partial charge in [0.1, 0.15) is 5.70 Å². The molecule has 3 nitrogen and oxygen atoms in total. The van der Waals surface area contributed by atoms with E-state index in [4.69, 9.17) is 5.11 Å². The molecule has 3 heteroatoms. The molecule has 0 aromatic carbocycles. The van der Waals surface area contributed by atoms with Gasteiger partial charge in [0.25, 0.3) is 0 Å². The third-order valence-electron chi connectivity index (χ3n) is 1.82. The van der Waals surface area contributed by atoms with Crippen LogP contribution in [0.3, 0.4) is 0 Å². The van der Waals surface area contributed by atoms with E-state index >= 15 is 0 Å². The number of hydrogen-bond donors (Lipinski definition) is 1. The van der Waals surface area contributed by atoms with Gasteiger partial charge in [-0.25, -0.2) is 4.79 Å². The molecular weight excluding hydrogens is 142 g/mol. The van der Waals surface area contributed by atoms with Crippen molar-refractivity contribution < 1.29 is 9.90 Å². The summed E-state index contributed by atoms with van der Waals surface area (Å²) in [5.74, 6) is -0.861. The zero-order valence-electron chi connectivity index (χ0n) is 5.82. The highest BCUT2D eigenvalue weighted by molar-refractivity contribution is 6.09. The lowest BCUT2D eigenvalue weighted by Gasteiger charge is -1.98. The van der Waals surface area contributed by atoms with Crippen LogP contribution in [0.2, 0.25) is 0 Å². The molecule has 0 radical (unpaired) electrons. The van der Waals surface area contributed by atoms with Gasteiger partial charge in [-0.3, -0.25) is 0 Å². The first-order valence-corrected chi connectivity index (χ1v) is 3.39. The fourth-order valence-corrected chi connectivity index (χ4v) is 1.31. The molecule has 0 saturated carbocycles. The quantitative estimate of drug-likeness (QED) is 0.646. The van der Waals surface area contributed by atoms with Crippen molar-refractivity contribution in [2.75, 3.05) is 0 Å². The van der Waals surface area contributed by atoms with E-state index in [9.17, 15) is 4.79 Å². The summed E-state index contributed by atoms with van der Waals surface area (Å²) in [6.07, 6.45) is 4.22. The van der Waals surface area contributed by atoms with Crippen molar-refractivity contribution >= 4 is 11.7 Å². The van der Waals surface area contributed by atoms with Crippen LogP contribution in [-0.2, 0) is 11.2 Å².